The monoisotopic (exact) mass is 276 g/mol. The van der Waals surface area contributed by atoms with Crippen LogP contribution in [-0.4, -0.2) is 47.6 Å². The second-order valence-corrected chi connectivity index (χ2v) is 5.03. The van der Waals surface area contributed by atoms with E-state index in [9.17, 15) is 9.59 Å². The van der Waals surface area contributed by atoms with E-state index in [0.29, 0.717) is 25.1 Å². The van der Waals surface area contributed by atoms with Crippen molar-refractivity contribution in [3.8, 4) is 0 Å². The van der Waals surface area contributed by atoms with Crippen LogP contribution in [0.25, 0.3) is 0 Å². The first-order chi connectivity index (χ1) is 9.63. The molecule has 0 radical (unpaired) electrons. The molecule has 1 aromatic rings. The van der Waals surface area contributed by atoms with Gasteiger partial charge in [0.15, 0.2) is 0 Å². The molecule has 2 amide bonds. The molecule has 0 saturated carbocycles. The molecule has 0 bridgehead atoms. The summed E-state index contributed by atoms with van der Waals surface area (Å²) in [6.45, 7) is 2.80. The van der Waals surface area contributed by atoms with Crippen LogP contribution >= 0.6 is 0 Å². The van der Waals surface area contributed by atoms with E-state index in [1.54, 1.807) is 11.0 Å². The third kappa shape index (κ3) is 3.17. The van der Waals surface area contributed by atoms with Gasteiger partial charge in [0.25, 0.3) is 5.91 Å². The quantitative estimate of drug-likeness (QED) is 0.851. The number of hydrogen-bond acceptors (Lipinski definition) is 3. The van der Waals surface area contributed by atoms with Crippen molar-refractivity contribution >= 4 is 11.8 Å². The van der Waals surface area contributed by atoms with E-state index in [4.69, 9.17) is 5.11 Å². The van der Waals surface area contributed by atoms with Gasteiger partial charge in [0.2, 0.25) is 5.91 Å². The van der Waals surface area contributed by atoms with Crippen molar-refractivity contribution in [2.45, 2.75) is 25.8 Å². The van der Waals surface area contributed by atoms with Crippen LogP contribution in [-0.2, 0) is 4.79 Å². The molecule has 1 fully saturated rings. The summed E-state index contributed by atoms with van der Waals surface area (Å²) in [5.41, 5.74) is 1.49. The third-order valence-electron chi connectivity index (χ3n) is 3.60. The second-order valence-electron chi connectivity index (χ2n) is 5.03. The molecule has 1 saturated heterocycles. The van der Waals surface area contributed by atoms with E-state index in [0.717, 1.165) is 12.0 Å². The molecule has 2 rings (SSSR count). The Bertz CT molecular complexity index is 500. The van der Waals surface area contributed by atoms with Gasteiger partial charge in [0.1, 0.15) is 6.04 Å². The van der Waals surface area contributed by atoms with E-state index >= 15 is 0 Å². The maximum Gasteiger partial charge on any atom is 0.252 e. The normalized spacial score (nSPS) is 19.0. The smallest absolute Gasteiger partial charge is 0.252 e. The molecule has 0 spiro atoms. The summed E-state index contributed by atoms with van der Waals surface area (Å²) in [4.78, 5) is 26.0. The zero-order chi connectivity index (χ0) is 14.5. The predicted molar refractivity (Wildman–Crippen MR) is 75.3 cm³/mol. The maximum absolute atomic E-state index is 12.2. The van der Waals surface area contributed by atoms with E-state index in [1.807, 2.05) is 25.1 Å². The molecule has 1 aliphatic heterocycles. The summed E-state index contributed by atoms with van der Waals surface area (Å²) < 4.78 is 0. The van der Waals surface area contributed by atoms with Gasteiger partial charge in [-0.05, 0) is 31.4 Å². The van der Waals surface area contributed by atoms with Gasteiger partial charge in [-0.3, -0.25) is 9.59 Å². The van der Waals surface area contributed by atoms with Crippen molar-refractivity contribution in [2.24, 2.45) is 0 Å². The van der Waals surface area contributed by atoms with E-state index in [-0.39, 0.29) is 18.4 Å². The number of nitrogens with zero attached hydrogens (tertiary/aromatic N) is 1. The van der Waals surface area contributed by atoms with Gasteiger partial charge in [0, 0.05) is 18.7 Å². The van der Waals surface area contributed by atoms with E-state index in [1.165, 1.54) is 0 Å². The Morgan fingerprint density at radius 3 is 2.90 bits per heavy atom. The molecular formula is C15H20N2O3. The van der Waals surface area contributed by atoms with Crippen LogP contribution in [0.5, 0.6) is 0 Å². The molecule has 1 aromatic carbocycles. The maximum atomic E-state index is 12.2. The second kappa shape index (κ2) is 6.52. The fraction of sp³-hybridized carbons (Fsp3) is 0.467. The van der Waals surface area contributed by atoms with Crippen molar-refractivity contribution in [1.82, 2.24) is 10.2 Å². The van der Waals surface area contributed by atoms with Crippen molar-refractivity contribution in [1.29, 1.82) is 0 Å². The zero-order valence-electron chi connectivity index (χ0n) is 11.6. The molecule has 1 aliphatic rings. The minimum Gasteiger partial charge on any atom is -0.395 e. The third-order valence-corrected chi connectivity index (χ3v) is 3.60. The predicted octanol–water partition coefficient (Wildman–Crippen LogP) is 0.708. The number of piperidine rings is 1. The zero-order valence-corrected chi connectivity index (χ0v) is 11.6. The molecule has 0 aromatic heterocycles. The Balaban J connectivity index is 2.04. The summed E-state index contributed by atoms with van der Waals surface area (Å²) in [5, 5.41) is 11.7. The fourth-order valence-corrected chi connectivity index (χ4v) is 2.48. The highest BCUT2D eigenvalue weighted by Gasteiger charge is 2.29. The molecular weight excluding hydrogens is 256 g/mol. The van der Waals surface area contributed by atoms with E-state index < -0.39 is 6.04 Å². The number of β-amino-alcohol motifs (C(OH)–C–C–N with tert-alkyl or cyclic N) is 1. The van der Waals surface area contributed by atoms with Gasteiger partial charge in [0.05, 0.1) is 6.61 Å². The number of carbonyl (C=O) groups excluding carboxylic acids is 2. The Hall–Kier alpha value is -1.88. The molecule has 0 aliphatic carbocycles. The Labute approximate surface area is 118 Å². The van der Waals surface area contributed by atoms with Crippen LogP contribution in [0.3, 0.4) is 0 Å². The Kier molecular flexibility index (Phi) is 4.74. The van der Waals surface area contributed by atoms with E-state index in [2.05, 4.69) is 5.32 Å². The molecule has 5 nitrogen and oxygen atoms in total. The molecule has 0 unspecified atom stereocenters. The number of carbonyl (C=O) groups is 2. The van der Waals surface area contributed by atoms with Gasteiger partial charge in [-0.1, -0.05) is 18.2 Å². The average Bonchev–Trinajstić information content (AvgIpc) is 2.44. The largest absolute Gasteiger partial charge is 0.395 e. The standard InChI is InChI=1S/C15H20N2O3/c1-11-5-2-3-6-12(11)14(19)16-13-7-4-8-17(9-10-18)15(13)20/h2-3,5-6,13,18H,4,7-10H2,1H3,(H,16,19)/t13-/m1/s1. The number of aryl methyl sites for hydroxylation is 1. The highest BCUT2D eigenvalue weighted by atomic mass is 16.3. The summed E-state index contributed by atoms with van der Waals surface area (Å²) in [7, 11) is 0. The lowest BCUT2D eigenvalue weighted by molar-refractivity contribution is -0.136. The molecule has 5 heteroatoms. The molecule has 2 N–H and O–H groups in total. The first-order valence-corrected chi connectivity index (χ1v) is 6.89. The number of aliphatic hydroxyl groups excluding tert-OH is 1. The fourth-order valence-electron chi connectivity index (χ4n) is 2.48. The lowest BCUT2D eigenvalue weighted by atomic mass is 10.0. The number of amides is 2. The first-order valence-electron chi connectivity index (χ1n) is 6.89. The van der Waals surface area contributed by atoms with Crippen molar-refractivity contribution < 1.29 is 14.7 Å². The molecule has 20 heavy (non-hydrogen) atoms. The molecule has 1 atom stereocenters. The van der Waals surface area contributed by atoms with Crippen LogP contribution in [0.4, 0.5) is 0 Å². The van der Waals surface area contributed by atoms with Crippen LogP contribution in [0.2, 0.25) is 0 Å². The summed E-state index contributed by atoms with van der Waals surface area (Å²) >= 11 is 0. The summed E-state index contributed by atoms with van der Waals surface area (Å²) in [6.07, 6.45) is 1.49. The minimum atomic E-state index is -0.484. The number of likely N-dealkylation sites (tertiary alicyclic amines) is 1. The SMILES string of the molecule is Cc1ccccc1C(=O)N[C@@H]1CCCN(CCO)C1=O. The highest BCUT2D eigenvalue weighted by molar-refractivity contribution is 5.98. The lowest BCUT2D eigenvalue weighted by Crippen LogP contribution is -2.52. The van der Waals surface area contributed by atoms with Crippen molar-refractivity contribution in [3.63, 3.8) is 0 Å². The van der Waals surface area contributed by atoms with Crippen LogP contribution in [0.15, 0.2) is 24.3 Å². The van der Waals surface area contributed by atoms with Gasteiger partial charge < -0.3 is 15.3 Å². The summed E-state index contributed by atoms with van der Waals surface area (Å²) in [5.74, 6) is -0.320. The average molecular weight is 276 g/mol. The molecule has 108 valence electrons. The minimum absolute atomic E-state index is 0.0514. The lowest BCUT2D eigenvalue weighted by Gasteiger charge is -2.32. The molecule has 1 heterocycles. The Morgan fingerprint density at radius 2 is 2.20 bits per heavy atom. The van der Waals surface area contributed by atoms with Gasteiger partial charge in [-0.15, -0.1) is 0 Å². The first kappa shape index (κ1) is 14.5. The topological polar surface area (TPSA) is 69.6 Å². The van der Waals surface area contributed by atoms with Crippen molar-refractivity contribution in [2.75, 3.05) is 19.7 Å². The number of rotatable bonds is 4. The summed E-state index contributed by atoms with van der Waals surface area (Å²) in [6, 6.07) is 6.82. The highest BCUT2D eigenvalue weighted by Crippen LogP contribution is 2.13. The Morgan fingerprint density at radius 1 is 1.45 bits per heavy atom. The van der Waals surface area contributed by atoms with Gasteiger partial charge in [-0.25, -0.2) is 0 Å². The van der Waals surface area contributed by atoms with Gasteiger partial charge >= 0.3 is 0 Å². The number of hydrogen-bond donors (Lipinski definition) is 2. The number of aliphatic hydroxyl groups is 1. The van der Waals surface area contributed by atoms with Crippen LogP contribution in [0, 0.1) is 6.92 Å². The van der Waals surface area contributed by atoms with Crippen molar-refractivity contribution in [3.05, 3.63) is 35.4 Å². The van der Waals surface area contributed by atoms with Crippen LogP contribution in [0.1, 0.15) is 28.8 Å². The number of nitrogens with one attached hydrogen (secondary N) is 1. The number of benzene rings is 1. The van der Waals surface area contributed by atoms with Crippen LogP contribution < -0.4 is 5.32 Å². The van der Waals surface area contributed by atoms with Gasteiger partial charge in [-0.2, -0.15) is 0 Å².